The van der Waals surface area contributed by atoms with Gasteiger partial charge >= 0.3 is 5.97 Å². The average Bonchev–Trinajstić information content (AvgIpc) is 2.59. The molecule has 2 aliphatic heterocycles. The fraction of sp³-hybridized carbons (Fsp3) is 0.556. The van der Waals surface area contributed by atoms with Gasteiger partial charge in [0.2, 0.25) is 10.0 Å². The standard InChI is InChI=1S/C18H24N2O5S/c1-18(17(22)23)8-4-9-19(12-18)16(21)14-6-7-15-13(11-14)5-3-10-20(15)26(2,24)25/h6-7,11H,3-5,8-10,12H2,1-2H3,(H,22,23). The first kappa shape index (κ1) is 18.7. The van der Waals surface area contributed by atoms with Gasteiger partial charge in [0.05, 0.1) is 17.4 Å². The Morgan fingerprint density at radius 1 is 1.19 bits per heavy atom. The number of carboxylic acids is 1. The molecule has 142 valence electrons. The second-order valence-electron chi connectivity index (χ2n) is 7.48. The number of aryl methyl sites for hydroxylation is 1. The summed E-state index contributed by atoms with van der Waals surface area (Å²) in [6.07, 6.45) is 3.82. The number of nitrogens with zero attached hydrogens (tertiary/aromatic N) is 2. The van der Waals surface area contributed by atoms with Gasteiger partial charge < -0.3 is 10.0 Å². The Morgan fingerprint density at radius 3 is 2.58 bits per heavy atom. The first-order valence-corrected chi connectivity index (χ1v) is 10.6. The number of aliphatic carboxylic acids is 1. The largest absolute Gasteiger partial charge is 0.481 e. The van der Waals surface area contributed by atoms with Crippen molar-refractivity contribution in [2.24, 2.45) is 5.41 Å². The smallest absolute Gasteiger partial charge is 0.311 e. The second-order valence-corrected chi connectivity index (χ2v) is 9.39. The summed E-state index contributed by atoms with van der Waals surface area (Å²) < 4.78 is 25.3. The lowest BCUT2D eigenvalue weighted by molar-refractivity contribution is -0.150. The fourth-order valence-corrected chi connectivity index (χ4v) is 4.81. The van der Waals surface area contributed by atoms with E-state index in [4.69, 9.17) is 0 Å². The van der Waals surface area contributed by atoms with Crippen LogP contribution in [0.15, 0.2) is 18.2 Å². The molecule has 1 N–H and O–H groups in total. The SMILES string of the molecule is CC1(C(=O)O)CCCN(C(=O)c2ccc3c(c2)CCCN3S(C)(=O)=O)C1. The van der Waals surface area contributed by atoms with E-state index < -0.39 is 21.4 Å². The number of fused-ring (bicyclic) bond motifs is 1. The third kappa shape index (κ3) is 3.42. The summed E-state index contributed by atoms with van der Waals surface area (Å²) in [6, 6.07) is 5.07. The molecule has 1 amide bonds. The van der Waals surface area contributed by atoms with E-state index in [9.17, 15) is 23.1 Å². The van der Waals surface area contributed by atoms with Gasteiger partial charge in [-0.2, -0.15) is 0 Å². The van der Waals surface area contributed by atoms with E-state index in [0.29, 0.717) is 43.6 Å². The zero-order valence-corrected chi connectivity index (χ0v) is 15.9. The monoisotopic (exact) mass is 380 g/mol. The van der Waals surface area contributed by atoms with E-state index in [1.54, 1.807) is 30.0 Å². The van der Waals surface area contributed by atoms with Crippen molar-refractivity contribution in [3.05, 3.63) is 29.3 Å². The van der Waals surface area contributed by atoms with E-state index in [1.165, 1.54) is 10.6 Å². The van der Waals surface area contributed by atoms with E-state index in [1.807, 2.05) is 0 Å². The van der Waals surface area contributed by atoms with Crippen LogP contribution in [0.3, 0.4) is 0 Å². The lowest BCUT2D eigenvalue weighted by Gasteiger charge is -2.37. The molecule has 0 spiro atoms. The van der Waals surface area contributed by atoms with E-state index in [0.717, 1.165) is 12.0 Å². The van der Waals surface area contributed by atoms with Gasteiger partial charge in [-0.1, -0.05) is 0 Å². The molecule has 1 atom stereocenters. The number of carbonyl (C=O) groups is 2. The lowest BCUT2D eigenvalue weighted by Crippen LogP contribution is -2.48. The Kier molecular flexibility index (Phi) is 4.72. The van der Waals surface area contributed by atoms with Gasteiger partial charge in [0.1, 0.15) is 0 Å². The highest BCUT2D eigenvalue weighted by Crippen LogP contribution is 2.33. The Morgan fingerprint density at radius 2 is 1.92 bits per heavy atom. The molecule has 0 aromatic heterocycles. The third-order valence-electron chi connectivity index (χ3n) is 5.30. The number of piperidine rings is 1. The minimum absolute atomic E-state index is 0.188. The molecule has 0 radical (unpaired) electrons. The van der Waals surface area contributed by atoms with Gasteiger partial charge in [-0.15, -0.1) is 0 Å². The van der Waals surface area contributed by atoms with Gasteiger partial charge in [-0.25, -0.2) is 8.42 Å². The van der Waals surface area contributed by atoms with Crippen LogP contribution in [0.1, 0.15) is 42.1 Å². The van der Waals surface area contributed by atoms with Gasteiger partial charge in [0.15, 0.2) is 0 Å². The summed E-state index contributed by atoms with van der Waals surface area (Å²) in [6.45, 7) is 2.84. The van der Waals surface area contributed by atoms with Gasteiger partial charge in [-0.3, -0.25) is 13.9 Å². The molecule has 1 saturated heterocycles. The third-order valence-corrected chi connectivity index (χ3v) is 6.48. The van der Waals surface area contributed by atoms with E-state index in [2.05, 4.69) is 0 Å². The summed E-state index contributed by atoms with van der Waals surface area (Å²) in [5, 5.41) is 9.43. The molecule has 0 bridgehead atoms. The average molecular weight is 380 g/mol. The summed E-state index contributed by atoms with van der Waals surface area (Å²) >= 11 is 0. The molecule has 2 heterocycles. The topological polar surface area (TPSA) is 95.0 Å². The number of benzene rings is 1. The highest BCUT2D eigenvalue weighted by atomic mass is 32.2. The zero-order chi connectivity index (χ0) is 19.1. The van der Waals surface area contributed by atoms with Crippen molar-refractivity contribution in [1.82, 2.24) is 4.90 Å². The predicted molar refractivity (Wildman–Crippen MR) is 97.8 cm³/mol. The number of amides is 1. The summed E-state index contributed by atoms with van der Waals surface area (Å²) in [4.78, 5) is 26.0. The van der Waals surface area contributed by atoms with Crippen LogP contribution in [0.5, 0.6) is 0 Å². The highest BCUT2D eigenvalue weighted by molar-refractivity contribution is 7.92. The first-order chi connectivity index (χ1) is 12.1. The Labute approximate surface area is 153 Å². The molecule has 7 nitrogen and oxygen atoms in total. The summed E-state index contributed by atoms with van der Waals surface area (Å²) in [5.74, 6) is -1.08. The summed E-state index contributed by atoms with van der Waals surface area (Å²) in [7, 11) is -3.35. The van der Waals surface area contributed by atoms with Crippen LogP contribution in [0.4, 0.5) is 5.69 Å². The molecule has 1 unspecified atom stereocenters. The van der Waals surface area contributed by atoms with Crippen molar-refractivity contribution in [3.63, 3.8) is 0 Å². The zero-order valence-electron chi connectivity index (χ0n) is 15.1. The van der Waals surface area contributed by atoms with Crippen LogP contribution >= 0.6 is 0 Å². The second kappa shape index (κ2) is 6.57. The molecule has 2 aliphatic rings. The first-order valence-electron chi connectivity index (χ1n) is 8.75. The molecule has 3 rings (SSSR count). The molecule has 26 heavy (non-hydrogen) atoms. The number of anilines is 1. The Bertz CT molecular complexity index is 851. The number of carboxylic acid groups (broad SMARTS) is 1. The van der Waals surface area contributed by atoms with Crippen molar-refractivity contribution >= 4 is 27.6 Å². The van der Waals surface area contributed by atoms with Gasteiger partial charge in [-0.05, 0) is 56.4 Å². The van der Waals surface area contributed by atoms with Crippen LogP contribution < -0.4 is 4.31 Å². The molecular formula is C18H24N2O5S. The van der Waals surface area contributed by atoms with Crippen LogP contribution in [0, 0.1) is 5.41 Å². The quantitative estimate of drug-likeness (QED) is 0.862. The van der Waals surface area contributed by atoms with Crippen molar-refractivity contribution in [2.45, 2.75) is 32.6 Å². The maximum atomic E-state index is 12.9. The molecular weight excluding hydrogens is 356 g/mol. The summed E-state index contributed by atoms with van der Waals surface area (Å²) in [5.41, 5.74) is 1.03. The lowest BCUT2D eigenvalue weighted by atomic mass is 9.82. The normalized spacial score (nSPS) is 23.5. The Hall–Kier alpha value is -2.09. The van der Waals surface area contributed by atoms with Crippen molar-refractivity contribution < 1.29 is 23.1 Å². The maximum Gasteiger partial charge on any atom is 0.311 e. The molecule has 0 aliphatic carbocycles. The maximum absolute atomic E-state index is 12.9. The van der Waals surface area contributed by atoms with E-state index >= 15 is 0 Å². The van der Waals surface area contributed by atoms with Gasteiger partial charge in [0, 0.05) is 25.2 Å². The molecule has 1 fully saturated rings. The van der Waals surface area contributed by atoms with Crippen molar-refractivity contribution in [1.29, 1.82) is 0 Å². The molecule has 8 heteroatoms. The number of likely N-dealkylation sites (tertiary alicyclic amines) is 1. The minimum atomic E-state index is -3.35. The number of carbonyl (C=O) groups excluding carboxylic acids is 1. The van der Waals surface area contributed by atoms with Crippen LogP contribution in [-0.2, 0) is 21.2 Å². The fourth-order valence-electron chi connectivity index (χ4n) is 3.81. The Balaban J connectivity index is 1.87. The number of rotatable bonds is 3. The highest BCUT2D eigenvalue weighted by Gasteiger charge is 2.39. The van der Waals surface area contributed by atoms with Gasteiger partial charge in [0.25, 0.3) is 5.91 Å². The van der Waals surface area contributed by atoms with E-state index in [-0.39, 0.29) is 12.5 Å². The van der Waals surface area contributed by atoms with Crippen molar-refractivity contribution in [2.75, 3.05) is 30.2 Å². The predicted octanol–water partition coefficient (Wildman–Crippen LogP) is 1.73. The van der Waals surface area contributed by atoms with Crippen LogP contribution in [0.25, 0.3) is 0 Å². The molecule has 0 saturated carbocycles. The minimum Gasteiger partial charge on any atom is -0.481 e. The van der Waals surface area contributed by atoms with Crippen molar-refractivity contribution in [3.8, 4) is 0 Å². The molecule has 1 aromatic carbocycles. The number of hydrogen-bond acceptors (Lipinski definition) is 4. The van der Waals surface area contributed by atoms with Crippen LogP contribution in [-0.4, -0.2) is 56.2 Å². The number of sulfonamides is 1. The number of hydrogen-bond donors (Lipinski definition) is 1. The van der Waals surface area contributed by atoms with Crippen LogP contribution in [0.2, 0.25) is 0 Å². The molecule has 1 aromatic rings.